The lowest BCUT2D eigenvalue weighted by molar-refractivity contribution is -0.384. The number of carbonyl (C=O) groups excluding carboxylic acids is 1. The molecule has 2 aromatic rings. The highest BCUT2D eigenvalue weighted by Crippen LogP contribution is 2.16. The SMILES string of the molecule is O=Cc1cc(F)cc(OCCc2ccc([N+](=O)[O-])cc2)c1. The summed E-state index contributed by atoms with van der Waals surface area (Å²) in [5.74, 6) is -0.260. The van der Waals surface area contributed by atoms with Crippen molar-refractivity contribution in [1.29, 1.82) is 0 Å². The third kappa shape index (κ3) is 4.10. The largest absolute Gasteiger partial charge is 0.493 e. The van der Waals surface area contributed by atoms with E-state index in [1.54, 1.807) is 12.1 Å². The Labute approximate surface area is 120 Å². The fraction of sp³-hybridized carbons (Fsp3) is 0.133. The van der Waals surface area contributed by atoms with Crippen molar-refractivity contribution < 1.29 is 18.8 Å². The van der Waals surface area contributed by atoms with E-state index in [-0.39, 0.29) is 23.6 Å². The minimum atomic E-state index is -0.537. The first-order chi connectivity index (χ1) is 10.1. The third-order valence-electron chi connectivity index (χ3n) is 2.84. The second-order valence-electron chi connectivity index (χ2n) is 4.36. The molecule has 0 aliphatic carbocycles. The van der Waals surface area contributed by atoms with Gasteiger partial charge in [-0.25, -0.2) is 4.39 Å². The summed E-state index contributed by atoms with van der Waals surface area (Å²) in [7, 11) is 0. The van der Waals surface area contributed by atoms with Crippen LogP contribution in [0.1, 0.15) is 15.9 Å². The van der Waals surface area contributed by atoms with Gasteiger partial charge in [-0.05, 0) is 17.7 Å². The van der Waals surface area contributed by atoms with E-state index in [1.807, 2.05) is 0 Å². The van der Waals surface area contributed by atoms with Crippen molar-refractivity contribution >= 4 is 12.0 Å². The minimum Gasteiger partial charge on any atom is -0.493 e. The van der Waals surface area contributed by atoms with Crippen molar-refractivity contribution in [3.8, 4) is 5.75 Å². The summed E-state index contributed by atoms with van der Waals surface area (Å²) in [5, 5.41) is 10.5. The number of benzene rings is 2. The molecule has 0 aliphatic rings. The first kappa shape index (κ1) is 14.6. The maximum absolute atomic E-state index is 13.2. The number of hydrogen-bond donors (Lipinski definition) is 0. The van der Waals surface area contributed by atoms with Crippen LogP contribution < -0.4 is 4.74 Å². The Balaban J connectivity index is 1.93. The summed E-state index contributed by atoms with van der Waals surface area (Å²) in [5.41, 5.74) is 1.10. The number of ether oxygens (including phenoxy) is 1. The number of aldehydes is 1. The van der Waals surface area contributed by atoms with E-state index in [0.717, 1.165) is 11.6 Å². The van der Waals surface area contributed by atoms with Crippen LogP contribution in [0.5, 0.6) is 5.75 Å². The summed E-state index contributed by atoms with van der Waals surface area (Å²) >= 11 is 0. The molecule has 6 heteroatoms. The average Bonchev–Trinajstić information content (AvgIpc) is 2.47. The number of nitro benzene ring substituents is 1. The monoisotopic (exact) mass is 289 g/mol. The van der Waals surface area contributed by atoms with E-state index in [4.69, 9.17) is 4.74 Å². The van der Waals surface area contributed by atoms with E-state index < -0.39 is 10.7 Å². The summed E-state index contributed by atoms with van der Waals surface area (Å²) in [6.45, 7) is 0.277. The molecular formula is C15H12FNO4. The molecule has 0 radical (unpaired) electrons. The molecule has 0 atom stereocenters. The second-order valence-corrected chi connectivity index (χ2v) is 4.36. The zero-order chi connectivity index (χ0) is 15.2. The summed E-state index contributed by atoms with van der Waals surface area (Å²) in [6.07, 6.45) is 1.07. The summed E-state index contributed by atoms with van der Waals surface area (Å²) < 4.78 is 18.6. The molecule has 0 spiro atoms. The van der Waals surface area contributed by atoms with Gasteiger partial charge in [0.15, 0.2) is 0 Å². The van der Waals surface area contributed by atoms with Crippen molar-refractivity contribution in [2.75, 3.05) is 6.61 Å². The van der Waals surface area contributed by atoms with Crippen LogP contribution in [0.3, 0.4) is 0 Å². The molecular weight excluding hydrogens is 277 g/mol. The zero-order valence-electron chi connectivity index (χ0n) is 11.0. The van der Waals surface area contributed by atoms with Gasteiger partial charge in [0.05, 0.1) is 11.5 Å². The van der Waals surface area contributed by atoms with Crippen LogP contribution in [0.2, 0.25) is 0 Å². The second kappa shape index (κ2) is 6.60. The quantitative estimate of drug-likeness (QED) is 0.465. The van der Waals surface area contributed by atoms with Gasteiger partial charge < -0.3 is 4.74 Å². The Morgan fingerprint density at radius 1 is 1.19 bits per heavy atom. The van der Waals surface area contributed by atoms with Gasteiger partial charge in [0.1, 0.15) is 17.9 Å². The van der Waals surface area contributed by atoms with Crippen molar-refractivity contribution in [1.82, 2.24) is 0 Å². The van der Waals surface area contributed by atoms with Gasteiger partial charge in [0, 0.05) is 30.2 Å². The van der Waals surface area contributed by atoms with Crippen LogP contribution >= 0.6 is 0 Å². The van der Waals surface area contributed by atoms with E-state index in [9.17, 15) is 19.3 Å². The van der Waals surface area contributed by atoms with Gasteiger partial charge in [-0.1, -0.05) is 12.1 Å². The topological polar surface area (TPSA) is 69.4 Å². The van der Waals surface area contributed by atoms with Crippen LogP contribution in [0.15, 0.2) is 42.5 Å². The Hall–Kier alpha value is -2.76. The lowest BCUT2D eigenvalue weighted by Crippen LogP contribution is -2.02. The highest BCUT2D eigenvalue weighted by atomic mass is 19.1. The molecule has 21 heavy (non-hydrogen) atoms. The van der Waals surface area contributed by atoms with Crippen LogP contribution in [-0.2, 0) is 6.42 Å². The number of rotatable bonds is 6. The van der Waals surface area contributed by atoms with Crippen molar-refractivity contribution in [3.63, 3.8) is 0 Å². The highest BCUT2D eigenvalue weighted by molar-refractivity contribution is 5.75. The number of carbonyl (C=O) groups is 1. The molecule has 0 saturated carbocycles. The Bertz CT molecular complexity index is 655. The third-order valence-corrected chi connectivity index (χ3v) is 2.84. The Morgan fingerprint density at radius 3 is 2.52 bits per heavy atom. The maximum atomic E-state index is 13.2. The number of hydrogen-bond acceptors (Lipinski definition) is 4. The predicted octanol–water partition coefficient (Wildman–Crippen LogP) is 3.17. The van der Waals surface area contributed by atoms with Gasteiger partial charge >= 0.3 is 0 Å². The molecule has 0 aromatic heterocycles. The number of nitrogens with zero attached hydrogens (tertiary/aromatic N) is 1. The molecule has 0 amide bonds. The highest BCUT2D eigenvalue weighted by Gasteiger charge is 2.05. The summed E-state index contributed by atoms with van der Waals surface area (Å²) in [6, 6.07) is 9.89. The average molecular weight is 289 g/mol. The molecule has 108 valence electrons. The van der Waals surface area contributed by atoms with Gasteiger partial charge in [-0.2, -0.15) is 0 Å². The fourth-order valence-corrected chi connectivity index (χ4v) is 1.81. The molecule has 2 rings (SSSR count). The molecule has 0 bridgehead atoms. The van der Waals surface area contributed by atoms with Crippen LogP contribution in [0, 0.1) is 15.9 Å². The molecule has 0 saturated heterocycles. The molecule has 0 fully saturated rings. The van der Waals surface area contributed by atoms with Crippen molar-refractivity contribution in [2.24, 2.45) is 0 Å². The lowest BCUT2D eigenvalue weighted by atomic mass is 10.1. The van der Waals surface area contributed by atoms with Gasteiger partial charge in [0.25, 0.3) is 5.69 Å². The number of halogens is 1. The molecule has 0 unspecified atom stereocenters. The first-order valence-corrected chi connectivity index (χ1v) is 6.20. The normalized spacial score (nSPS) is 10.1. The Morgan fingerprint density at radius 2 is 1.90 bits per heavy atom. The minimum absolute atomic E-state index is 0.0282. The molecule has 2 aromatic carbocycles. The molecule has 0 heterocycles. The maximum Gasteiger partial charge on any atom is 0.269 e. The van der Waals surface area contributed by atoms with Crippen LogP contribution in [-0.4, -0.2) is 17.8 Å². The van der Waals surface area contributed by atoms with Gasteiger partial charge in [-0.15, -0.1) is 0 Å². The van der Waals surface area contributed by atoms with Crippen LogP contribution in [0.25, 0.3) is 0 Å². The van der Waals surface area contributed by atoms with Crippen LogP contribution in [0.4, 0.5) is 10.1 Å². The van der Waals surface area contributed by atoms with E-state index in [2.05, 4.69) is 0 Å². The Kier molecular flexibility index (Phi) is 4.61. The summed E-state index contributed by atoms with van der Waals surface area (Å²) in [4.78, 5) is 20.7. The van der Waals surface area contributed by atoms with Crippen molar-refractivity contribution in [3.05, 3.63) is 69.5 Å². The van der Waals surface area contributed by atoms with Gasteiger partial charge in [0.2, 0.25) is 0 Å². The lowest BCUT2D eigenvalue weighted by Gasteiger charge is -2.07. The zero-order valence-corrected chi connectivity index (χ0v) is 11.0. The predicted molar refractivity (Wildman–Crippen MR) is 74.1 cm³/mol. The smallest absolute Gasteiger partial charge is 0.269 e. The van der Waals surface area contributed by atoms with E-state index >= 15 is 0 Å². The van der Waals surface area contributed by atoms with Crippen molar-refractivity contribution in [2.45, 2.75) is 6.42 Å². The first-order valence-electron chi connectivity index (χ1n) is 6.20. The van der Waals surface area contributed by atoms with E-state index in [1.165, 1.54) is 24.3 Å². The molecule has 0 aliphatic heterocycles. The molecule has 0 N–H and O–H groups in total. The molecule has 5 nitrogen and oxygen atoms in total. The standard InChI is InChI=1S/C15H12FNO4/c16-13-7-12(10-18)8-15(9-13)21-6-5-11-1-3-14(4-2-11)17(19)20/h1-4,7-10H,5-6H2. The van der Waals surface area contributed by atoms with Gasteiger partial charge in [-0.3, -0.25) is 14.9 Å². The van der Waals surface area contributed by atoms with E-state index in [0.29, 0.717) is 12.7 Å². The fourth-order valence-electron chi connectivity index (χ4n) is 1.81. The number of non-ortho nitro benzene ring substituents is 1. The number of nitro groups is 1.